The van der Waals surface area contributed by atoms with Crippen LogP contribution < -0.4 is 10.1 Å². The normalized spacial score (nSPS) is 12.3. The number of sulfonamides is 1. The number of nitrogens with one attached hydrogen (secondary N) is 2. The van der Waals surface area contributed by atoms with Gasteiger partial charge in [-0.2, -0.15) is 18.3 Å². The lowest BCUT2D eigenvalue weighted by atomic mass is 10.1. The Labute approximate surface area is 201 Å². The second-order valence-corrected chi connectivity index (χ2v) is 9.75. The summed E-state index contributed by atoms with van der Waals surface area (Å²) in [5, 5.41) is 4.97. The molecule has 0 aliphatic rings. The molecule has 34 heavy (non-hydrogen) atoms. The summed E-state index contributed by atoms with van der Waals surface area (Å²) in [5.41, 5.74) is -0.213. The van der Waals surface area contributed by atoms with Gasteiger partial charge in [-0.1, -0.05) is 29.8 Å². The van der Waals surface area contributed by atoms with Crippen molar-refractivity contribution in [2.75, 3.05) is 4.72 Å². The third kappa shape index (κ3) is 6.43. The van der Waals surface area contributed by atoms with E-state index >= 15 is 0 Å². The van der Waals surface area contributed by atoms with Gasteiger partial charge < -0.3 is 0 Å². The van der Waals surface area contributed by atoms with Crippen LogP contribution in [0.15, 0.2) is 76.0 Å². The first kappa shape index (κ1) is 25.4. The van der Waals surface area contributed by atoms with Crippen LogP contribution in [0.5, 0.6) is 0 Å². The molecule has 0 unspecified atom stereocenters. The van der Waals surface area contributed by atoms with Crippen LogP contribution in [0.3, 0.4) is 0 Å². The number of nitrogens with zero attached hydrogens (tertiary/aromatic N) is 1. The second-order valence-electron chi connectivity index (χ2n) is 6.68. The predicted octanol–water partition coefficient (Wildman–Crippen LogP) is 5.12. The number of benzene rings is 2. The smallest absolute Gasteiger partial charge is 0.293 e. The van der Waals surface area contributed by atoms with Crippen LogP contribution in [-0.2, 0) is 10.0 Å². The average molecular weight is 530 g/mol. The minimum Gasteiger partial charge on any atom is -0.293 e. The maximum atomic E-state index is 13.4. The number of hydrogen-bond donors (Lipinski definition) is 2. The zero-order valence-electron chi connectivity index (χ0n) is 17.0. The average Bonchev–Trinajstić information content (AvgIpc) is 3.31. The van der Waals surface area contributed by atoms with Crippen molar-refractivity contribution in [1.29, 1.82) is 0 Å². The van der Waals surface area contributed by atoms with E-state index in [1.807, 2.05) is 0 Å². The first-order chi connectivity index (χ1) is 16.0. The Morgan fingerprint density at radius 1 is 1.00 bits per heavy atom. The van der Waals surface area contributed by atoms with Crippen LogP contribution >= 0.6 is 22.9 Å². The van der Waals surface area contributed by atoms with Gasteiger partial charge in [0.1, 0.15) is 5.71 Å². The molecule has 0 radical (unpaired) electrons. The third-order valence-electron chi connectivity index (χ3n) is 4.28. The monoisotopic (exact) mass is 529 g/mol. The second kappa shape index (κ2) is 10.4. The minimum absolute atomic E-state index is 0.116. The number of amides is 1. The highest BCUT2D eigenvalue weighted by Crippen LogP contribution is 2.24. The number of carbonyl (C=O) groups is 2. The number of anilines is 1. The van der Waals surface area contributed by atoms with Crippen molar-refractivity contribution in [3.05, 3.63) is 81.5 Å². The summed E-state index contributed by atoms with van der Waals surface area (Å²) >= 11 is 6.74. The quantitative estimate of drug-likeness (QED) is 0.240. The first-order valence-corrected chi connectivity index (χ1v) is 12.1. The number of para-hydroxylation sites is 1. The summed E-state index contributed by atoms with van der Waals surface area (Å²) in [6.07, 6.45) is -6.05. The molecule has 0 aliphatic heterocycles. The van der Waals surface area contributed by atoms with Crippen LogP contribution in [-0.4, -0.2) is 32.0 Å². The molecule has 1 amide bonds. The fraction of sp³-hybridized carbons (Fsp3) is 0.0952. The molecule has 7 nitrogen and oxygen atoms in total. The fourth-order valence-corrected chi connectivity index (χ4v) is 4.52. The fourth-order valence-electron chi connectivity index (χ4n) is 2.65. The molecule has 13 heteroatoms. The lowest BCUT2D eigenvalue weighted by Crippen LogP contribution is -2.30. The van der Waals surface area contributed by atoms with E-state index in [0.717, 1.165) is 11.3 Å². The Morgan fingerprint density at radius 2 is 1.68 bits per heavy atom. The number of alkyl halides is 3. The number of carbonyl (C=O) groups excluding carboxylic acids is 2. The SMILES string of the molecule is O=C(C/C(=N/NC(=O)c1ccccc1NS(=O)(=O)c1ccc(Cl)cc1)C(F)(F)F)c1cccs1. The van der Waals surface area contributed by atoms with Crippen molar-refractivity contribution in [3.63, 3.8) is 0 Å². The molecule has 0 saturated carbocycles. The zero-order chi connectivity index (χ0) is 24.9. The molecule has 0 fully saturated rings. The number of halogens is 4. The van der Waals surface area contributed by atoms with E-state index in [4.69, 9.17) is 11.6 Å². The van der Waals surface area contributed by atoms with E-state index in [1.165, 1.54) is 60.7 Å². The third-order valence-corrected chi connectivity index (χ3v) is 6.83. The van der Waals surface area contributed by atoms with E-state index in [1.54, 1.807) is 10.8 Å². The molecule has 178 valence electrons. The predicted molar refractivity (Wildman–Crippen MR) is 123 cm³/mol. The zero-order valence-corrected chi connectivity index (χ0v) is 19.4. The molecule has 3 rings (SSSR count). The number of ketones is 1. The van der Waals surface area contributed by atoms with Gasteiger partial charge in [-0.15, -0.1) is 11.3 Å². The number of thiophene rings is 1. The van der Waals surface area contributed by atoms with Crippen LogP contribution in [0.4, 0.5) is 18.9 Å². The van der Waals surface area contributed by atoms with Gasteiger partial charge in [-0.25, -0.2) is 13.8 Å². The van der Waals surface area contributed by atoms with Crippen molar-refractivity contribution in [3.8, 4) is 0 Å². The number of hydrazone groups is 1. The molecule has 3 aromatic rings. The van der Waals surface area contributed by atoms with E-state index in [0.29, 0.717) is 5.02 Å². The Hall–Kier alpha value is -3.22. The van der Waals surface area contributed by atoms with Crippen molar-refractivity contribution < 1.29 is 31.2 Å². The lowest BCUT2D eigenvalue weighted by molar-refractivity contribution is -0.0605. The highest BCUT2D eigenvalue weighted by Gasteiger charge is 2.37. The highest BCUT2D eigenvalue weighted by atomic mass is 35.5. The summed E-state index contributed by atoms with van der Waals surface area (Å²) < 4.78 is 67.5. The molecule has 1 heterocycles. The van der Waals surface area contributed by atoms with Gasteiger partial charge in [0.2, 0.25) is 0 Å². The molecule has 0 aliphatic carbocycles. The molecule has 2 aromatic carbocycles. The minimum atomic E-state index is -4.98. The first-order valence-electron chi connectivity index (χ1n) is 9.35. The number of hydrogen-bond acceptors (Lipinski definition) is 6. The lowest BCUT2D eigenvalue weighted by Gasteiger charge is -2.13. The molecule has 0 saturated heterocycles. The van der Waals surface area contributed by atoms with Crippen LogP contribution in [0.1, 0.15) is 26.5 Å². The van der Waals surface area contributed by atoms with Gasteiger partial charge in [0, 0.05) is 5.02 Å². The highest BCUT2D eigenvalue weighted by molar-refractivity contribution is 7.92. The standard InChI is InChI=1S/C21H15ClF3N3O4S2/c22-13-7-9-14(10-8-13)34(31,32)28-16-5-2-1-4-15(16)20(30)27-26-19(21(23,24)25)12-17(29)18-6-3-11-33-18/h1-11,28H,12H2,(H,27,30)/b26-19-. The molecule has 0 atom stereocenters. The molecule has 1 aromatic heterocycles. The largest absolute Gasteiger partial charge is 0.431 e. The molecular weight excluding hydrogens is 515 g/mol. The summed E-state index contributed by atoms with van der Waals surface area (Å²) in [4.78, 5) is 24.6. The Kier molecular flexibility index (Phi) is 7.75. The van der Waals surface area contributed by atoms with Gasteiger partial charge in [-0.05, 0) is 47.8 Å². The van der Waals surface area contributed by atoms with Crippen molar-refractivity contribution in [1.82, 2.24) is 5.43 Å². The van der Waals surface area contributed by atoms with Crippen molar-refractivity contribution in [2.45, 2.75) is 17.5 Å². The number of Topliss-reactive ketones (excluding diaryl/α,β-unsaturated/α-hetero) is 1. The van der Waals surface area contributed by atoms with Gasteiger partial charge in [0.05, 0.1) is 27.4 Å². The maximum absolute atomic E-state index is 13.4. The Balaban J connectivity index is 1.82. The van der Waals surface area contributed by atoms with Gasteiger partial charge >= 0.3 is 6.18 Å². The summed E-state index contributed by atoms with van der Waals surface area (Å²) in [6.45, 7) is 0. The van der Waals surface area contributed by atoms with E-state index in [2.05, 4.69) is 9.82 Å². The van der Waals surface area contributed by atoms with Gasteiger partial charge in [0.15, 0.2) is 5.78 Å². The van der Waals surface area contributed by atoms with E-state index in [-0.39, 0.29) is 21.0 Å². The Morgan fingerprint density at radius 3 is 2.29 bits per heavy atom. The topological polar surface area (TPSA) is 105 Å². The van der Waals surface area contributed by atoms with Crippen molar-refractivity contribution in [2.24, 2.45) is 5.10 Å². The molecule has 2 N–H and O–H groups in total. The summed E-state index contributed by atoms with van der Waals surface area (Å²) in [6, 6.07) is 13.4. The summed E-state index contributed by atoms with van der Waals surface area (Å²) in [5.74, 6) is -1.92. The van der Waals surface area contributed by atoms with Crippen LogP contribution in [0.25, 0.3) is 0 Å². The van der Waals surface area contributed by atoms with Crippen LogP contribution in [0, 0.1) is 0 Å². The van der Waals surface area contributed by atoms with Gasteiger partial charge in [0.25, 0.3) is 15.9 Å². The van der Waals surface area contributed by atoms with Crippen molar-refractivity contribution >= 4 is 56.1 Å². The maximum Gasteiger partial charge on any atom is 0.431 e. The summed E-state index contributed by atoms with van der Waals surface area (Å²) in [7, 11) is -4.13. The van der Waals surface area contributed by atoms with E-state index < -0.39 is 40.0 Å². The molecule has 0 bridgehead atoms. The molecule has 0 spiro atoms. The number of rotatable bonds is 8. The molecular formula is C21H15ClF3N3O4S2. The van der Waals surface area contributed by atoms with E-state index in [9.17, 15) is 31.2 Å². The van der Waals surface area contributed by atoms with Crippen LogP contribution in [0.2, 0.25) is 5.02 Å². The Bertz CT molecular complexity index is 1320. The van der Waals surface area contributed by atoms with Gasteiger partial charge in [-0.3, -0.25) is 14.3 Å².